The summed E-state index contributed by atoms with van der Waals surface area (Å²) in [6.45, 7) is 0. The van der Waals surface area contributed by atoms with Crippen molar-refractivity contribution in [3.63, 3.8) is 0 Å². The Morgan fingerprint density at radius 2 is 2.28 bits per heavy atom. The molecule has 0 aliphatic rings. The monoisotopic (exact) mass is 244 g/mol. The first-order valence-corrected chi connectivity index (χ1v) is 5.88. The molecule has 0 spiro atoms. The van der Waals surface area contributed by atoms with E-state index in [0.29, 0.717) is 12.8 Å². The summed E-state index contributed by atoms with van der Waals surface area (Å²) in [5.41, 5.74) is 8.02. The molecule has 0 fully saturated rings. The van der Waals surface area contributed by atoms with E-state index in [9.17, 15) is 4.79 Å². The van der Waals surface area contributed by atoms with E-state index < -0.39 is 0 Å². The summed E-state index contributed by atoms with van der Waals surface area (Å²) in [6, 6.07) is 9.66. The van der Waals surface area contributed by atoms with Gasteiger partial charge in [-0.2, -0.15) is 0 Å². The van der Waals surface area contributed by atoms with Crippen LogP contribution in [0.2, 0.25) is 0 Å². The predicted molar refractivity (Wildman–Crippen MR) is 69.9 cm³/mol. The first-order valence-electron chi connectivity index (χ1n) is 5.88. The number of ether oxygens (including phenoxy) is 1. The lowest BCUT2D eigenvalue weighted by Gasteiger charge is -2.11. The molecule has 4 nitrogen and oxygen atoms in total. The van der Waals surface area contributed by atoms with Gasteiger partial charge >= 0.3 is 5.97 Å². The number of carbonyl (C=O) groups excluding carboxylic acids is 1. The number of aromatic nitrogens is 1. The van der Waals surface area contributed by atoms with Crippen LogP contribution in [0.15, 0.2) is 36.5 Å². The fraction of sp³-hybridized carbons (Fsp3) is 0.286. The lowest BCUT2D eigenvalue weighted by atomic mass is 10.0. The fourth-order valence-corrected chi connectivity index (χ4v) is 1.87. The number of nitrogens with zero attached hydrogens (tertiary/aromatic N) is 1. The minimum Gasteiger partial charge on any atom is -0.469 e. The summed E-state index contributed by atoms with van der Waals surface area (Å²) in [7, 11) is 1.38. The van der Waals surface area contributed by atoms with Crippen molar-refractivity contribution in [1.82, 2.24) is 4.98 Å². The quantitative estimate of drug-likeness (QED) is 0.837. The SMILES string of the molecule is COC(=O)CCC(N)c1ccc2ncccc2c1. The summed E-state index contributed by atoms with van der Waals surface area (Å²) in [4.78, 5) is 15.3. The van der Waals surface area contributed by atoms with Crippen LogP contribution in [0.1, 0.15) is 24.4 Å². The normalized spacial score (nSPS) is 12.3. The summed E-state index contributed by atoms with van der Waals surface area (Å²) in [5.74, 6) is -0.229. The van der Waals surface area contributed by atoms with Crippen LogP contribution >= 0.6 is 0 Å². The van der Waals surface area contributed by atoms with E-state index in [1.165, 1.54) is 7.11 Å². The Bertz CT molecular complexity index is 554. The highest BCUT2D eigenvalue weighted by Gasteiger charge is 2.10. The van der Waals surface area contributed by atoms with Gasteiger partial charge in [0.15, 0.2) is 0 Å². The molecule has 2 rings (SSSR count). The van der Waals surface area contributed by atoms with Gasteiger partial charge < -0.3 is 10.5 Å². The van der Waals surface area contributed by atoms with Gasteiger partial charge in [0.1, 0.15) is 0 Å². The molecule has 0 saturated heterocycles. The Labute approximate surface area is 106 Å². The van der Waals surface area contributed by atoms with E-state index in [1.54, 1.807) is 6.20 Å². The molecule has 0 aliphatic heterocycles. The Hall–Kier alpha value is -1.94. The molecule has 0 saturated carbocycles. The third-order valence-corrected chi connectivity index (χ3v) is 2.94. The molecule has 2 N–H and O–H groups in total. The van der Waals surface area contributed by atoms with E-state index in [1.807, 2.05) is 30.3 Å². The summed E-state index contributed by atoms with van der Waals surface area (Å²) >= 11 is 0. The van der Waals surface area contributed by atoms with Crippen LogP contribution in [0.3, 0.4) is 0 Å². The maximum Gasteiger partial charge on any atom is 0.305 e. The van der Waals surface area contributed by atoms with E-state index in [2.05, 4.69) is 9.72 Å². The van der Waals surface area contributed by atoms with Gasteiger partial charge in [-0.1, -0.05) is 12.1 Å². The molecule has 2 aromatic rings. The molecule has 0 aliphatic carbocycles. The molecule has 1 aromatic heterocycles. The fourth-order valence-electron chi connectivity index (χ4n) is 1.87. The van der Waals surface area contributed by atoms with Crippen LogP contribution in [0.25, 0.3) is 10.9 Å². The second-order valence-electron chi connectivity index (χ2n) is 4.18. The molecule has 1 unspecified atom stereocenters. The Balaban J connectivity index is 2.12. The summed E-state index contributed by atoms with van der Waals surface area (Å²) in [6.07, 6.45) is 2.68. The summed E-state index contributed by atoms with van der Waals surface area (Å²) < 4.78 is 4.60. The second-order valence-corrected chi connectivity index (χ2v) is 4.18. The first-order chi connectivity index (χ1) is 8.70. The van der Waals surface area contributed by atoms with Crippen molar-refractivity contribution >= 4 is 16.9 Å². The van der Waals surface area contributed by atoms with Crippen molar-refractivity contribution in [3.8, 4) is 0 Å². The van der Waals surface area contributed by atoms with Gasteiger partial charge in [-0.05, 0) is 30.2 Å². The molecule has 0 amide bonds. The molecule has 0 bridgehead atoms. The van der Waals surface area contributed by atoms with E-state index in [-0.39, 0.29) is 12.0 Å². The van der Waals surface area contributed by atoms with Crippen LogP contribution in [-0.2, 0) is 9.53 Å². The van der Waals surface area contributed by atoms with Gasteiger partial charge in [0.2, 0.25) is 0 Å². The van der Waals surface area contributed by atoms with Gasteiger partial charge in [0, 0.05) is 24.0 Å². The summed E-state index contributed by atoms with van der Waals surface area (Å²) in [5, 5.41) is 1.06. The van der Waals surface area contributed by atoms with E-state index in [0.717, 1.165) is 16.5 Å². The van der Waals surface area contributed by atoms with Crippen LogP contribution in [0.5, 0.6) is 0 Å². The zero-order valence-electron chi connectivity index (χ0n) is 10.3. The van der Waals surface area contributed by atoms with E-state index in [4.69, 9.17) is 5.73 Å². The van der Waals surface area contributed by atoms with Crippen molar-refractivity contribution in [2.45, 2.75) is 18.9 Å². The van der Waals surface area contributed by atoms with Gasteiger partial charge in [0.05, 0.1) is 12.6 Å². The number of pyridine rings is 1. The molecule has 1 heterocycles. The predicted octanol–water partition coefficient (Wildman–Crippen LogP) is 2.19. The third-order valence-electron chi connectivity index (χ3n) is 2.94. The van der Waals surface area contributed by atoms with Crippen molar-refractivity contribution in [3.05, 3.63) is 42.1 Å². The molecule has 94 valence electrons. The average Bonchev–Trinajstić information content (AvgIpc) is 2.43. The van der Waals surface area contributed by atoms with Crippen LogP contribution in [0.4, 0.5) is 0 Å². The number of fused-ring (bicyclic) bond motifs is 1. The Kier molecular flexibility index (Phi) is 3.89. The lowest BCUT2D eigenvalue weighted by molar-refractivity contribution is -0.140. The van der Waals surface area contributed by atoms with Gasteiger partial charge in [-0.25, -0.2) is 0 Å². The third kappa shape index (κ3) is 2.84. The highest BCUT2D eigenvalue weighted by molar-refractivity contribution is 5.79. The van der Waals surface area contributed by atoms with Gasteiger partial charge in [-0.3, -0.25) is 9.78 Å². The Morgan fingerprint density at radius 1 is 1.44 bits per heavy atom. The van der Waals surface area contributed by atoms with E-state index >= 15 is 0 Å². The highest BCUT2D eigenvalue weighted by atomic mass is 16.5. The number of nitrogens with two attached hydrogens (primary N) is 1. The first kappa shape index (κ1) is 12.5. The smallest absolute Gasteiger partial charge is 0.305 e. The average molecular weight is 244 g/mol. The standard InChI is InChI=1S/C14H16N2O2/c1-18-14(17)7-5-12(15)10-4-6-13-11(9-10)3-2-8-16-13/h2-4,6,8-9,12H,5,7,15H2,1H3. The molecule has 0 radical (unpaired) electrons. The van der Waals surface area contributed by atoms with Crippen molar-refractivity contribution in [1.29, 1.82) is 0 Å². The largest absolute Gasteiger partial charge is 0.469 e. The molecule has 18 heavy (non-hydrogen) atoms. The molecule has 1 aromatic carbocycles. The lowest BCUT2D eigenvalue weighted by Crippen LogP contribution is -2.13. The highest BCUT2D eigenvalue weighted by Crippen LogP contribution is 2.20. The number of rotatable bonds is 4. The molecule has 1 atom stereocenters. The zero-order chi connectivity index (χ0) is 13.0. The van der Waals surface area contributed by atoms with Gasteiger partial charge in [-0.15, -0.1) is 0 Å². The molecular weight excluding hydrogens is 228 g/mol. The van der Waals surface area contributed by atoms with Crippen molar-refractivity contribution in [2.24, 2.45) is 5.73 Å². The minimum absolute atomic E-state index is 0.159. The number of esters is 1. The second kappa shape index (κ2) is 5.60. The van der Waals surface area contributed by atoms with Crippen LogP contribution < -0.4 is 5.73 Å². The number of hydrogen-bond donors (Lipinski definition) is 1. The van der Waals surface area contributed by atoms with Crippen LogP contribution in [-0.4, -0.2) is 18.1 Å². The minimum atomic E-state index is -0.229. The van der Waals surface area contributed by atoms with Crippen LogP contribution in [0, 0.1) is 0 Å². The number of hydrogen-bond acceptors (Lipinski definition) is 4. The number of methoxy groups -OCH3 is 1. The maximum atomic E-state index is 11.1. The molecule has 4 heteroatoms. The Morgan fingerprint density at radius 3 is 3.06 bits per heavy atom. The maximum absolute atomic E-state index is 11.1. The van der Waals surface area contributed by atoms with Gasteiger partial charge in [0.25, 0.3) is 0 Å². The number of benzene rings is 1. The van der Waals surface area contributed by atoms with Crippen molar-refractivity contribution < 1.29 is 9.53 Å². The van der Waals surface area contributed by atoms with Crippen molar-refractivity contribution in [2.75, 3.05) is 7.11 Å². The number of carbonyl (C=O) groups is 1. The topological polar surface area (TPSA) is 65.2 Å². The molecular formula is C14H16N2O2. The zero-order valence-corrected chi connectivity index (χ0v) is 10.3.